The normalized spacial score (nSPS) is 22.6. The first-order valence-corrected chi connectivity index (χ1v) is 8.79. The first-order chi connectivity index (χ1) is 9.29. The second-order valence-corrected chi connectivity index (χ2v) is 7.69. The van der Waals surface area contributed by atoms with Crippen LogP contribution in [0.15, 0.2) is 28.5 Å². The molecule has 2 atom stereocenters. The van der Waals surface area contributed by atoms with Gasteiger partial charge in [0.15, 0.2) is 0 Å². The van der Waals surface area contributed by atoms with E-state index in [9.17, 15) is 0 Å². The van der Waals surface area contributed by atoms with Gasteiger partial charge in [-0.15, -0.1) is 11.3 Å². The Labute approximate surface area is 123 Å². The number of hydrogen-bond donors (Lipinski definition) is 0. The van der Waals surface area contributed by atoms with E-state index in [1.165, 1.54) is 27.1 Å². The fraction of sp³-hybridized carbons (Fsp3) is 0.500. The molecule has 102 valence electrons. The largest absolute Gasteiger partial charge is 0.367 e. The van der Waals surface area contributed by atoms with Crippen LogP contribution in [-0.2, 0) is 4.74 Å². The molecule has 19 heavy (non-hydrogen) atoms. The molecule has 0 aliphatic carbocycles. The molecule has 3 heteroatoms. The monoisotopic (exact) mass is 292 g/mol. The van der Waals surface area contributed by atoms with Gasteiger partial charge >= 0.3 is 0 Å². The summed E-state index contributed by atoms with van der Waals surface area (Å²) in [5.74, 6) is 0.610. The average molecular weight is 292 g/mol. The molecule has 2 heterocycles. The number of benzene rings is 1. The van der Waals surface area contributed by atoms with Crippen LogP contribution in [0.2, 0.25) is 0 Å². The van der Waals surface area contributed by atoms with Gasteiger partial charge < -0.3 is 4.74 Å². The van der Waals surface area contributed by atoms with E-state index in [1.54, 1.807) is 5.56 Å². The molecular weight excluding hydrogens is 272 g/mol. The number of thiophene rings is 1. The summed E-state index contributed by atoms with van der Waals surface area (Å²) in [6.45, 7) is 5.46. The second-order valence-electron chi connectivity index (χ2n) is 5.21. The van der Waals surface area contributed by atoms with E-state index >= 15 is 0 Å². The lowest BCUT2D eigenvalue weighted by Gasteiger charge is -2.27. The van der Waals surface area contributed by atoms with Gasteiger partial charge in [-0.2, -0.15) is 0 Å². The van der Waals surface area contributed by atoms with E-state index in [-0.39, 0.29) is 0 Å². The molecule has 0 spiro atoms. The topological polar surface area (TPSA) is 9.23 Å². The molecule has 1 aromatic heterocycles. The molecule has 2 aromatic rings. The fourth-order valence-corrected chi connectivity index (χ4v) is 5.70. The Morgan fingerprint density at radius 3 is 3.00 bits per heavy atom. The Balaban J connectivity index is 1.84. The summed E-state index contributed by atoms with van der Waals surface area (Å²) < 4.78 is 8.91. The number of ether oxygens (including phenoxy) is 1. The van der Waals surface area contributed by atoms with Crippen molar-refractivity contribution in [2.45, 2.75) is 48.7 Å². The highest BCUT2D eigenvalue weighted by Crippen LogP contribution is 2.49. The van der Waals surface area contributed by atoms with Gasteiger partial charge in [0, 0.05) is 11.3 Å². The highest BCUT2D eigenvalue weighted by atomic mass is 32.2. The highest BCUT2D eigenvalue weighted by molar-refractivity contribution is 8.01. The molecule has 0 unspecified atom stereocenters. The summed E-state index contributed by atoms with van der Waals surface area (Å²) in [5, 5.41) is 1.45. The van der Waals surface area contributed by atoms with Crippen molar-refractivity contribution in [2.24, 2.45) is 0 Å². The summed E-state index contributed by atoms with van der Waals surface area (Å²) in [6.07, 6.45) is 3.52. The SMILES string of the molecule is CCCCO[C@@H]1C[C@H](C)c2c(sc3ccccc23)S1. The Morgan fingerprint density at radius 1 is 1.32 bits per heavy atom. The van der Waals surface area contributed by atoms with Crippen molar-refractivity contribution in [1.29, 1.82) is 0 Å². The van der Waals surface area contributed by atoms with Crippen LogP contribution in [0.4, 0.5) is 0 Å². The summed E-state index contributed by atoms with van der Waals surface area (Å²) in [4.78, 5) is 0. The number of fused-ring (bicyclic) bond motifs is 3. The third-order valence-corrected chi connectivity index (χ3v) is 6.22. The average Bonchev–Trinajstić information content (AvgIpc) is 2.77. The zero-order valence-corrected chi connectivity index (χ0v) is 13.2. The molecule has 1 aliphatic heterocycles. The van der Waals surface area contributed by atoms with E-state index in [4.69, 9.17) is 4.74 Å². The van der Waals surface area contributed by atoms with E-state index in [1.807, 2.05) is 23.1 Å². The van der Waals surface area contributed by atoms with Gasteiger partial charge in [-0.05, 0) is 35.8 Å². The second kappa shape index (κ2) is 5.86. The maximum absolute atomic E-state index is 6.02. The third kappa shape index (κ3) is 2.69. The molecule has 0 bridgehead atoms. The lowest BCUT2D eigenvalue weighted by molar-refractivity contribution is 0.0989. The van der Waals surface area contributed by atoms with Gasteiger partial charge in [-0.1, -0.05) is 50.2 Å². The molecule has 0 amide bonds. The van der Waals surface area contributed by atoms with Gasteiger partial charge in [0.2, 0.25) is 0 Å². The lowest BCUT2D eigenvalue weighted by Crippen LogP contribution is -2.16. The standard InChI is InChI=1S/C16H20OS2/c1-3-4-9-17-14-10-11(2)15-12-7-5-6-8-13(12)18-16(15)19-14/h5-8,11,14H,3-4,9-10H2,1-2H3/t11-,14-/m0/s1. The molecule has 0 saturated carbocycles. The predicted octanol–water partition coefficient (Wildman–Crippen LogP) is 5.64. The van der Waals surface area contributed by atoms with Crippen molar-refractivity contribution in [2.75, 3.05) is 6.61 Å². The number of thioether (sulfide) groups is 1. The zero-order valence-electron chi connectivity index (χ0n) is 11.5. The quantitative estimate of drug-likeness (QED) is 0.674. The minimum atomic E-state index is 0.349. The summed E-state index contributed by atoms with van der Waals surface area (Å²) in [7, 11) is 0. The van der Waals surface area contributed by atoms with Gasteiger partial charge in [0.1, 0.15) is 5.44 Å². The smallest absolute Gasteiger partial charge is 0.109 e. The maximum atomic E-state index is 6.02. The predicted molar refractivity (Wildman–Crippen MR) is 85.4 cm³/mol. The molecule has 0 radical (unpaired) electrons. The van der Waals surface area contributed by atoms with E-state index in [0.717, 1.165) is 13.0 Å². The van der Waals surface area contributed by atoms with Gasteiger partial charge in [0.25, 0.3) is 0 Å². The molecule has 0 N–H and O–H groups in total. The molecule has 3 rings (SSSR count). The van der Waals surface area contributed by atoms with Crippen molar-refractivity contribution < 1.29 is 4.74 Å². The third-order valence-electron chi connectivity index (χ3n) is 3.68. The van der Waals surface area contributed by atoms with Crippen molar-refractivity contribution in [1.82, 2.24) is 0 Å². The molecule has 1 aromatic carbocycles. The van der Waals surface area contributed by atoms with Crippen molar-refractivity contribution in [3.05, 3.63) is 29.8 Å². The zero-order chi connectivity index (χ0) is 13.2. The Kier molecular flexibility index (Phi) is 4.15. The van der Waals surface area contributed by atoms with Gasteiger partial charge in [-0.25, -0.2) is 0 Å². The van der Waals surface area contributed by atoms with E-state index in [0.29, 0.717) is 11.4 Å². The van der Waals surface area contributed by atoms with Crippen LogP contribution in [0.5, 0.6) is 0 Å². The van der Waals surface area contributed by atoms with Crippen LogP contribution < -0.4 is 0 Å². The number of hydrogen-bond acceptors (Lipinski definition) is 3. The molecule has 0 saturated heterocycles. The van der Waals surface area contributed by atoms with Gasteiger partial charge in [-0.3, -0.25) is 0 Å². The lowest BCUT2D eigenvalue weighted by atomic mass is 9.97. The van der Waals surface area contributed by atoms with Crippen molar-refractivity contribution in [3.63, 3.8) is 0 Å². The van der Waals surface area contributed by atoms with E-state index in [2.05, 4.69) is 38.1 Å². The summed E-state index contributed by atoms with van der Waals surface area (Å²) in [6, 6.07) is 8.78. The summed E-state index contributed by atoms with van der Waals surface area (Å²) in [5.41, 5.74) is 1.91. The number of rotatable bonds is 4. The molecular formula is C16H20OS2. The minimum absolute atomic E-state index is 0.349. The Hall–Kier alpha value is -0.510. The summed E-state index contributed by atoms with van der Waals surface area (Å²) >= 11 is 3.86. The number of unbranched alkanes of at least 4 members (excludes halogenated alkanes) is 1. The first-order valence-electron chi connectivity index (χ1n) is 7.09. The van der Waals surface area contributed by atoms with Crippen LogP contribution >= 0.6 is 23.1 Å². The van der Waals surface area contributed by atoms with Crippen LogP contribution in [-0.4, -0.2) is 12.0 Å². The van der Waals surface area contributed by atoms with Crippen LogP contribution in [0.3, 0.4) is 0 Å². The highest BCUT2D eigenvalue weighted by Gasteiger charge is 2.28. The molecule has 1 aliphatic rings. The minimum Gasteiger partial charge on any atom is -0.367 e. The Morgan fingerprint density at radius 2 is 2.16 bits per heavy atom. The van der Waals surface area contributed by atoms with Crippen LogP contribution in [0, 0.1) is 0 Å². The van der Waals surface area contributed by atoms with Crippen LogP contribution in [0.25, 0.3) is 10.1 Å². The Bertz CT molecular complexity index is 561. The van der Waals surface area contributed by atoms with Crippen LogP contribution in [0.1, 0.15) is 44.6 Å². The van der Waals surface area contributed by atoms with Crippen molar-refractivity contribution in [3.8, 4) is 0 Å². The fourth-order valence-electron chi connectivity index (χ4n) is 2.63. The van der Waals surface area contributed by atoms with Crippen molar-refractivity contribution >= 4 is 33.2 Å². The van der Waals surface area contributed by atoms with E-state index < -0.39 is 0 Å². The maximum Gasteiger partial charge on any atom is 0.109 e. The molecule has 0 fully saturated rings. The van der Waals surface area contributed by atoms with Gasteiger partial charge in [0.05, 0.1) is 4.21 Å². The first kappa shape index (κ1) is 13.5. The molecule has 1 nitrogen and oxygen atoms in total.